The van der Waals surface area contributed by atoms with Crippen molar-refractivity contribution >= 4 is 29.0 Å². The minimum Gasteiger partial charge on any atom is -0.308 e. The second-order valence-electron chi connectivity index (χ2n) is 5.02. The Bertz CT molecular complexity index is 610. The van der Waals surface area contributed by atoms with Crippen LogP contribution >= 0.6 is 11.6 Å². The van der Waals surface area contributed by atoms with Gasteiger partial charge in [-0.15, -0.1) is 0 Å². The summed E-state index contributed by atoms with van der Waals surface area (Å²) in [5.41, 5.74) is 2.70. The number of urea groups is 1. The van der Waals surface area contributed by atoms with Gasteiger partial charge in [-0.1, -0.05) is 43.6 Å². The standard InChI is InChI=1S/C17H19ClN2O/c1-3-12(2)13-7-9-15(10-8-13)19-17(21)20-16-6-4-5-14(18)11-16/h4-12H,3H2,1-2H3,(H2,19,20,21)/t12-/m0/s1. The maximum absolute atomic E-state index is 11.9. The van der Waals surface area contributed by atoms with Crippen molar-refractivity contribution in [1.82, 2.24) is 0 Å². The molecule has 0 saturated carbocycles. The molecule has 4 heteroatoms. The van der Waals surface area contributed by atoms with Crippen LogP contribution in [0.1, 0.15) is 31.7 Å². The maximum Gasteiger partial charge on any atom is 0.323 e. The zero-order valence-corrected chi connectivity index (χ0v) is 12.9. The van der Waals surface area contributed by atoms with E-state index in [1.54, 1.807) is 24.3 Å². The Morgan fingerprint density at radius 1 is 1.10 bits per heavy atom. The molecule has 1 atom stereocenters. The summed E-state index contributed by atoms with van der Waals surface area (Å²) in [4.78, 5) is 11.9. The minimum absolute atomic E-state index is 0.284. The molecule has 0 radical (unpaired) electrons. The van der Waals surface area contributed by atoms with Gasteiger partial charge in [0.25, 0.3) is 0 Å². The Morgan fingerprint density at radius 3 is 2.38 bits per heavy atom. The lowest BCUT2D eigenvalue weighted by atomic mass is 9.99. The van der Waals surface area contributed by atoms with Crippen LogP contribution in [0.2, 0.25) is 5.02 Å². The van der Waals surface area contributed by atoms with Crippen molar-refractivity contribution in [3.8, 4) is 0 Å². The third kappa shape index (κ3) is 4.50. The summed E-state index contributed by atoms with van der Waals surface area (Å²) in [7, 11) is 0. The van der Waals surface area contributed by atoms with E-state index in [0.29, 0.717) is 16.6 Å². The lowest BCUT2D eigenvalue weighted by Gasteiger charge is -2.11. The number of carbonyl (C=O) groups is 1. The Hall–Kier alpha value is -2.00. The van der Waals surface area contributed by atoms with Crippen LogP contribution in [0.3, 0.4) is 0 Å². The molecule has 2 aromatic rings. The van der Waals surface area contributed by atoms with Gasteiger partial charge in [0.2, 0.25) is 0 Å². The maximum atomic E-state index is 11.9. The second kappa shape index (κ2) is 7.14. The smallest absolute Gasteiger partial charge is 0.308 e. The van der Waals surface area contributed by atoms with Crippen LogP contribution in [-0.4, -0.2) is 6.03 Å². The lowest BCUT2D eigenvalue weighted by Crippen LogP contribution is -2.19. The average Bonchev–Trinajstić information content (AvgIpc) is 2.47. The molecule has 0 aliphatic carbocycles. The van der Waals surface area contributed by atoms with E-state index < -0.39 is 0 Å². The number of rotatable bonds is 4. The lowest BCUT2D eigenvalue weighted by molar-refractivity contribution is 0.262. The van der Waals surface area contributed by atoms with Crippen molar-refractivity contribution in [2.24, 2.45) is 0 Å². The van der Waals surface area contributed by atoms with Crippen molar-refractivity contribution in [3.05, 3.63) is 59.1 Å². The van der Waals surface area contributed by atoms with Gasteiger partial charge in [-0.2, -0.15) is 0 Å². The first-order valence-corrected chi connectivity index (χ1v) is 7.40. The van der Waals surface area contributed by atoms with Crippen LogP contribution in [0.25, 0.3) is 0 Å². The van der Waals surface area contributed by atoms with E-state index in [1.807, 2.05) is 24.3 Å². The molecule has 0 bridgehead atoms. The monoisotopic (exact) mass is 302 g/mol. The zero-order valence-electron chi connectivity index (χ0n) is 12.2. The van der Waals surface area contributed by atoms with Gasteiger partial charge in [0, 0.05) is 16.4 Å². The van der Waals surface area contributed by atoms with Gasteiger partial charge in [0.05, 0.1) is 0 Å². The number of carbonyl (C=O) groups excluding carboxylic acids is 1. The number of halogens is 1. The van der Waals surface area contributed by atoms with E-state index >= 15 is 0 Å². The minimum atomic E-state index is -0.284. The second-order valence-corrected chi connectivity index (χ2v) is 5.46. The van der Waals surface area contributed by atoms with Crippen LogP contribution in [0.5, 0.6) is 0 Å². The molecule has 21 heavy (non-hydrogen) atoms. The first-order valence-electron chi connectivity index (χ1n) is 7.02. The molecule has 0 heterocycles. The molecule has 2 amide bonds. The van der Waals surface area contributed by atoms with Crippen molar-refractivity contribution < 1.29 is 4.79 Å². The van der Waals surface area contributed by atoms with Crippen molar-refractivity contribution in [2.75, 3.05) is 10.6 Å². The highest BCUT2D eigenvalue weighted by atomic mass is 35.5. The van der Waals surface area contributed by atoms with Crippen LogP contribution in [0, 0.1) is 0 Å². The summed E-state index contributed by atoms with van der Waals surface area (Å²) in [5, 5.41) is 6.13. The number of anilines is 2. The number of amides is 2. The highest BCUT2D eigenvalue weighted by Gasteiger charge is 2.05. The van der Waals surface area contributed by atoms with Gasteiger partial charge in [-0.3, -0.25) is 0 Å². The molecule has 0 aromatic heterocycles. The first kappa shape index (κ1) is 15.4. The topological polar surface area (TPSA) is 41.1 Å². The molecule has 0 aliphatic heterocycles. The Kier molecular flexibility index (Phi) is 5.23. The molecule has 3 nitrogen and oxygen atoms in total. The van der Waals surface area contributed by atoms with Crippen LogP contribution < -0.4 is 10.6 Å². The molecular weight excluding hydrogens is 284 g/mol. The molecule has 110 valence electrons. The number of nitrogens with one attached hydrogen (secondary N) is 2. The predicted molar refractivity (Wildman–Crippen MR) is 89.2 cm³/mol. The molecule has 0 saturated heterocycles. The number of benzene rings is 2. The summed E-state index contributed by atoms with van der Waals surface area (Å²) in [5.74, 6) is 0.527. The molecule has 0 unspecified atom stereocenters. The Labute approximate surface area is 130 Å². The average molecular weight is 303 g/mol. The fraction of sp³-hybridized carbons (Fsp3) is 0.235. The van der Waals surface area contributed by atoms with Crippen molar-refractivity contribution in [3.63, 3.8) is 0 Å². The van der Waals surface area contributed by atoms with Gasteiger partial charge in [-0.25, -0.2) is 4.79 Å². The van der Waals surface area contributed by atoms with E-state index in [9.17, 15) is 4.79 Å². The summed E-state index contributed by atoms with van der Waals surface area (Å²) in [6, 6.07) is 14.7. The van der Waals surface area contributed by atoms with E-state index in [0.717, 1.165) is 12.1 Å². The van der Waals surface area contributed by atoms with Gasteiger partial charge in [0.15, 0.2) is 0 Å². The normalized spacial score (nSPS) is 11.8. The molecule has 0 spiro atoms. The van der Waals surface area contributed by atoms with E-state index in [4.69, 9.17) is 11.6 Å². The largest absolute Gasteiger partial charge is 0.323 e. The van der Waals surface area contributed by atoms with E-state index in [-0.39, 0.29) is 6.03 Å². The molecule has 2 N–H and O–H groups in total. The van der Waals surface area contributed by atoms with Crippen molar-refractivity contribution in [2.45, 2.75) is 26.2 Å². The molecule has 0 fully saturated rings. The number of hydrogen-bond acceptors (Lipinski definition) is 1. The first-order chi connectivity index (χ1) is 10.1. The van der Waals surface area contributed by atoms with Crippen LogP contribution in [-0.2, 0) is 0 Å². The fourth-order valence-electron chi connectivity index (χ4n) is 1.99. The van der Waals surface area contributed by atoms with Gasteiger partial charge in [-0.05, 0) is 48.2 Å². The van der Waals surface area contributed by atoms with Gasteiger partial charge in [0.1, 0.15) is 0 Å². The van der Waals surface area contributed by atoms with Gasteiger partial charge < -0.3 is 10.6 Å². The molecular formula is C17H19ClN2O. The van der Waals surface area contributed by atoms with Crippen LogP contribution in [0.15, 0.2) is 48.5 Å². The Morgan fingerprint density at radius 2 is 1.76 bits per heavy atom. The SMILES string of the molecule is CC[C@H](C)c1ccc(NC(=O)Nc2cccc(Cl)c2)cc1. The summed E-state index contributed by atoms with van der Waals surface area (Å²) < 4.78 is 0. The van der Waals surface area contributed by atoms with Crippen molar-refractivity contribution in [1.29, 1.82) is 0 Å². The van der Waals surface area contributed by atoms with E-state index in [2.05, 4.69) is 24.5 Å². The Balaban J connectivity index is 1.96. The third-order valence-electron chi connectivity index (χ3n) is 3.43. The van der Waals surface area contributed by atoms with Crippen LogP contribution in [0.4, 0.5) is 16.2 Å². The quantitative estimate of drug-likeness (QED) is 0.769. The fourth-order valence-corrected chi connectivity index (χ4v) is 2.18. The summed E-state index contributed by atoms with van der Waals surface area (Å²) in [6.07, 6.45) is 1.10. The molecule has 0 aliphatic rings. The summed E-state index contributed by atoms with van der Waals surface area (Å²) in [6.45, 7) is 4.35. The molecule has 2 aromatic carbocycles. The molecule has 2 rings (SSSR count). The zero-order chi connectivity index (χ0) is 15.2. The third-order valence-corrected chi connectivity index (χ3v) is 3.67. The van der Waals surface area contributed by atoms with E-state index in [1.165, 1.54) is 5.56 Å². The predicted octanol–water partition coefficient (Wildman–Crippen LogP) is 5.50. The highest BCUT2D eigenvalue weighted by molar-refractivity contribution is 6.30. The highest BCUT2D eigenvalue weighted by Crippen LogP contribution is 2.21. The summed E-state index contributed by atoms with van der Waals surface area (Å²) >= 11 is 5.88. The number of hydrogen-bond donors (Lipinski definition) is 2. The van der Waals surface area contributed by atoms with Gasteiger partial charge >= 0.3 is 6.03 Å².